The molecule has 0 aliphatic heterocycles. The van der Waals surface area contributed by atoms with Gasteiger partial charge in [-0.1, -0.05) is 394 Å². The summed E-state index contributed by atoms with van der Waals surface area (Å²) >= 11 is 0. The lowest BCUT2D eigenvalue weighted by Gasteiger charge is -2.21. The Labute approximate surface area is 626 Å². The van der Waals surface area contributed by atoms with Crippen LogP contribution in [0.4, 0.5) is 0 Å². The maximum atomic E-state index is 13.1. The van der Waals surface area contributed by atoms with Gasteiger partial charge in [0, 0.05) is 25.7 Å². The van der Waals surface area contributed by atoms with Gasteiger partial charge in [-0.05, 0) is 31.6 Å². The number of phosphoric ester groups is 2. The minimum absolute atomic E-state index is 0.109. The quantitative estimate of drug-likeness (QED) is 0.0222. The van der Waals surface area contributed by atoms with Crippen molar-refractivity contribution in [2.75, 3.05) is 39.6 Å². The van der Waals surface area contributed by atoms with Crippen molar-refractivity contribution in [2.45, 2.75) is 464 Å². The van der Waals surface area contributed by atoms with E-state index in [2.05, 4.69) is 34.6 Å². The van der Waals surface area contributed by atoms with Crippen molar-refractivity contribution >= 4 is 39.5 Å². The van der Waals surface area contributed by atoms with Gasteiger partial charge in [0.05, 0.1) is 26.4 Å². The zero-order valence-corrected chi connectivity index (χ0v) is 68.5. The van der Waals surface area contributed by atoms with E-state index in [4.69, 9.17) is 37.0 Å². The highest BCUT2D eigenvalue weighted by Gasteiger charge is 2.30. The fourth-order valence-electron chi connectivity index (χ4n) is 12.9. The molecule has 606 valence electrons. The summed E-state index contributed by atoms with van der Waals surface area (Å²) < 4.78 is 68.8. The van der Waals surface area contributed by atoms with Crippen LogP contribution in [0.5, 0.6) is 0 Å². The molecule has 19 heteroatoms. The van der Waals surface area contributed by atoms with E-state index in [1.54, 1.807) is 0 Å². The number of ether oxygens (including phenoxy) is 4. The Morgan fingerprint density at radius 2 is 0.451 bits per heavy atom. The van der Waals surface area contributed by atoms with E-state index in [0.717, 1.165) is 95.8 Å². The van der Waals surface area contributed by atoms with Crippen LogP contribution in [-0.2, 0) is 65.4 Å². The van der Waals surface area contributed by atoms with Crippen molar-refractivity contribution in [3.63, 3.8) is 0 Å². The average molecular weight is 1490 g/mol. The van der Waals surface area contributed by atoms with Gasteiger partial charge >= 0.3 is 39.5 Å². The number of hydrogen-bond donors (Lipinski definition) is 3. The Morgan fingerprint density at radius 1 is 0.265 bits per heavy atom. The fourth-order valence-corrected chi connectivity index (χ4v) is 14.5. The van der Waals surface area contributed by atoms with Crippen molar-refractivity contribution in [3.8, 4) is 0 Å². The van der Waals surface area contributed by atoms with Gasteiger partial charge in [0.2, 0.25) is 0 Å². The normalized spacial score (nSPS) is 13.8. The molecular weight excluding hydrogens is 1330 g/mol. The fraction of sp³-hybridized carbons (Fsp3) is 0.952. The van der Waals surface area contributed by atoms with Gasteiger partial charge in [-0.15, -0.1) is 0 Å². The molecule has 0 radical (unpaired) electrons. The molecule has 5 atom stereocenters. The third-order valence-corrected chi connectivity index (χ3v) is 21.4. The molecule has 3 N–H and O–H groups in total. The predicted molar refractivity (Wildman–Crippen MR) is 418 cm³/mol. The predicted octanol–water partition coefficient (Wildman–Crippen LogP) is 25.2. The summed E-state index contributed by atoms with van der Waals surface area (Å²) in [6.07, 6.45) is 68.0. The maximum absolute atomic E-state index is 13.1. The molecule has 0 amide bonds. The molecule has 0 aliphatic carbocycles. The first-order chi connectivity index (χ1) is 49.5. The molecule has 2 unspecified atom stereocenters. The highest BCUT2D eigenvalue weighted by Crippen LogP contribution is 2.45. The molecule has 0 bridgehead atoms. The molecule has 0 saturated heterocycles. The van der Waals surface area contributed by atoms with Crippen molar-refractivity contribution in [3.05, 3.63) is 0 Å². The van der Waals surface area contributed by atoms with Crippen LogP contribution in [0.2, 0.25) is 0 Å². The second-order valence-electron chi connectivity index (χ2n) is 30.3. The number of esters is 4. The van der Waals surface area contributed by atoms with Crippen LogP contribution in [0.3, 0.4) is 0 Å². The van der Waals surface area contributed by atoms with Crippen LogP contribution in [0.15, 0.2) is 0 Å². The molecule has 0 aliphatic rings. The van der Waals surface area contributed by atoms with E-state index in [1.807, 2.05) is 0 Å². The molecule has 0 aromatic carbocycles. The van der Waals surface area contributed by atoms with Gasteiger partial charge < -0.3 is 33.8 Å². The van der Waals surface area contributed by atoms with E-state index in [-0.39, 0.29) is 25.7 Å². The molecule has 0 saturated carbocycles. The first-order valence-electron chi connectivity index (χ1n) is 43.1. The summed E-state index contributed by atoms with van der Waals surface area (Å²) in [6.45, 7) is 7.36. The zero-order valence-electron chi connectivity index (χ0n) is 66.8. The number of aliphatic hydroxyl groups is 1. The molecule has 17 nitrogen and oxygen atoms in total. The van der Waals surface area contributed by atoms with Gasteiger partial charge in [-0.3, -0.25) is 37.3 Å². The number of aliphatic hydroxyl groups excluding tert-OH is 1. The summed E-state index contributed by atoms with van der Waals surface area (Å²) in [4.78, 5) is 73.1. The van der Waals surface area contributed by atoms with E-state index in [1.165, 1.54) is 270 Å². The second kappa shape index (κ2) is 75.9. The maximum Gasteiger partial charge on any atom is 0.472 e. The van der Waals surface area contributed by atoms with Crippen molar-refractivity contribution in [1.29, 1.82) is 0 Å². The number of carbonyl (C=O) groups is 4. The van der Waals surface area contributed by atoms with Gasteiger partial charge in [-0.2, -0.15) is 0 Å². The van der Waals surface area contributed by atoms with Crippen molar-refractivity contribution < 1.29 is 80.2 Å². The lowest BCUT2D eigenvalue weighted by Crippen LogP contribution is -2.30. The third kappa shape index (κ3) is 76.3. The first kappa shape index (κ1) is 100. The van der Waals surface area contributed by atoms with Gasteiger partial charge in [0.15, 0.2) is 12.2 Å². The molecule has 0 fully saturated rings. The Kier molecular flexibility index (Phi) is 74.4. The number of carbonyl (C=O) groups excluding carboxylic acids is 4. The molecule has 0 spiro atoms. The average Bonchev–Trinajstić information content (AvgIpc) is 0.929. The standard InChI is InChI=1S/C83H162O17P2/c1-6-9-12-15-18-21-23-25-27-29-30-32-34-40-44-49-54-59-64-69-83(88)100-79(73-94-81(86)67-62-57-52-47-42-38-36-35-37-41-46-50-55-60-65-76(4)5)75-98-102(91,92)96-71-77(84)70-95-101(89,90)97-74-78(72-93-80(85)66-61-56-51-45-20-17-14-11-8-3)99-82(87)68-63-58-53-48-43-39-33-31-28-26-24-22-19-16-13-10-7-2/h76-79,84H,6-75H2,1-5H3,(H,89,90)(H,91,92)/t77-,78+,79+/m0/s1. The van der Waals surface area contributed by atoms with Crippen LogP contribution < -0.4 is 0 Å². The topological polar surface area (TPSA) is 237 Å². The second-order valence-corrected chi connectivity index (χ2v) is 33.3. The lowest BCUT2D eigenvalue weighted by molar-refractivity contribution is -0.161. The Bertz CT molecular complexity index is 1940. The van der Waals surface area contributed by atoms with Crippen LogP contribution >= 0.6 is 15.6 Å². The number of unbranched alkanes of at least 4 members (excludes halogenated alkanes) is 55. The third-order valence-electron chi connectivity index (χ3n) is 19.5. The smallest absolute Gasteiger partial charge is 0.462 e. The van der Waals surface area contributed by atoms with Crippen LogP contribution in [0.25, 0.3) is 0 Å². The largest absolute Gasteiger partial charge is 0.472 e. The molecule has 0 aromatic rings. The zero-order chi connectivity index (χ0) is 74.8. The highest BCUT2D eigenvalue weighted by atomic mass is 31.2. The SMILES string of the molecule is CCCCCCCCCCCCCCCCCCCCCC(=O)O[C@H](COC(=O)CCCCCCCCCCCCCCCCC(C)C)COP(=O)(O)OC[C@@H](O)COP(=O)(O)OC[C@@H](COC(=O)CCCCCCCCCCC)OC(=O)CCCCCCCCCCCCCCCCCCC. The number of phosphoric acid groups is 2. The minimum Gasteiger partial charge on any atom is -0.462 e. The van der Waals surface area contributed by atoms with Gasteiger partial charge in [0.1, 0.15) is 19.3 Å². The monoisotopic (exact) mass is 1490 g/mol. The summed E-state index contributed by atoms with van der Waals surface area (Å²) in [6, 6.07) is 0. The number of hydrogen-bond acceptors (Lipinski definition) is 15. The van der Waals surface area contributed by atoms with E-state index >= 15 is 0 Å². The Hall–Kier alpha value is -1.94. The summed E-state index contributed by atoms with van der Waals surface area (Å²) in [5, 5.41) is 10.7. The summed E-state index contributed by atoms with van der Waals surface area (Å²) in [5.41, 5.74) is 0. The Balaban J connectivity index is 5.21. The van der Waals surface area contributed by atoms with Crippen LogP contribution in [-0.4, -0.2) is 96.7 Å². The molecular formula is C83H162O17P2. The summed E-state index contributed by atoms with van der Waals surface area (Å²) in [5.74, 6) is -1.30. The van der Waals surface area contributed by atoms with Crippen LogP contribution in [0.1, 0.15) is 446 Å². The Morgan fingerprint density at radius 3 is 0.667 bits per heavy atom. The number of rotatable bonds is 83. The highest BCUT2D eigenvalue weighted by molar-refractivity contribution is 7.47. The summed E-state index contributed by atoms with van der Waals surface area (Å²) in [7, 11) is -9.92. The van der Waals surface area contributed by atoms with Gasteiger partial charge in [0.25, 0.3) is 0 Å². The van der Waals surface area contributed by atoms with E-state index in [9.17, 15) is 43.2 Å². The van der Waals surface area contributed by atoms with E-state index < -0.39 is 97.5 Å². The first-order valence-corrected chi connectivity index (χ1v) is 46.1. The molecule has 102 heavy (non-hydrogen) atoms. The molecule has 0 rings (SSSR count). The van der Waals surface area contributed by atoms with Crippen molar-refractivity contribution in [2.24, 2.45) is 5.92 Å². The minimum atomic E-state index is -4.96. The van der Waals surface area contributed by atoms with E-state index in [0.29, 0.717) is 25.7 Å². The van der Waals surface area contributed by atoms with Crippen LogP contribution in [0, 0.1) is 5.92 Å². The molecule has 0 aromatic heterocycles. The van der Waals surface area contributed by atoms with Crippen molar-refractivity contribution in [1.82, 2.24) is 0 Å². The van der Waals surface area contributed by atoms with Gasteiger partial charge in [-0.25, -0.2) is 9.13 Å². The molecule has 0 heterocycles. The lowest BCUT2D eigenvalue weighted by atomic mass is 10.0.